The molecule has 1 fully saturated rings. The normalized spacial score (nSPS) is 14.7. The number of furan rings is 1. The third-order valence-electron chi connectivity index (χ3n) is 6.52. The molecule has 5 rings (SSSR count). The number of fused-ring (bicyclic) bond motifs is 1. The minimum atomic E-state index is -0.566. The van der Waals surface area contributed by atoms with Crippen LogP contribution in [0.25, 0.3) is 33.5 Å². The fourth-order valence-electron chi connectivity index (χ4n) is 4.43. The Balaban J connectivity index is 1.71. The van der Waals surface area contributed by atoms with Crippen molar-refractivity contribution >= 4 is 40.1 Å². The van der Waals surface area contributed by atoms with Crippen LogP contribution in [0.2, 0.25) is 10.0 Å². The molecule has 7 heteroatoms. The highest BCUT2D eigenvalue weighted by Crippen LogP contribution is 2.40. The molecule has 3 heterocycles. The lowest BCUT2D eigenvalue weighted by Gasteiger charge is -2.14. The average Bonchev–Trinajstić information content (AvgIpc) is 3.46. The summed E-state index contributed by atoms with van der Waals surface area (Å²) in [5, 5.41) is 2.08. The van der Waals surface area contributed by atoms with E-state index in [4.69, 9.17) is 32.6 Å². The molecule has 0 radical (unpaired) electrons. The van der Waals surface area contributed by atoms with Crippen molar-refractivity contribution in [3.05, 3.63) is 75.5 Å². The zero-order valence-electron chi connectivity index (χ0n) is 20.1. The van der Waals surface area contributed by atoms with Crippen molar-refractivity contribution in [2.45, 2.75) is 33.6 Å². The number of hydrogen-bond acceptors (Lipinski definition) is 5. The fourth-order valence-corrected chi connectivity index (χ4v) is 4.83. The number of benzene rings is 2. The van der Waals surface area contributed by atoms with Gasteiger partial charge in [0.2, 0.25) is 11.5 Å². The lowest BCUT2D eigenvalue weighted by atomic mass is 9.88. The van der Waals surface area contributed by atoms with Crippen LogP contribution in [-0.4, -0.2) is 23.9 Å². The number of pyridine rings is 1. The zero-order valence-corrected chi connectivity index (χ0v) is 21.6. The topological polar surface area (TPSA) is 67.2 Å². The summed E-state index contributed by atoms with van der Waals surface area (Å²) < 4.78 is 6.06. The maximum atomic E-state index is 13.1. The van der Waals surface area contributed by atoms with Crippen LogP contribution in [0.5, 0.6) is 0 Å². The second-order valence-electron chi connectivity index (χ2n) is 10.1. The summed E-state index contributed by atoms with van der Waals surface area (Å²) in [5.74, 6) is 0.650. The SMILES string of the molecule is Cc1c(C(=O)C(C)(C)C)oc2nc(-c3ccc(C4CNNC4)cc3Cl)c(-c3ccc(Cl)cc3)cc12. The van der Waals surface area contributed by atoms with E-state index < -0.39 is 5.41 Å². The molecule has 1 saturated heterocycles. The molecule has 0 unspecified atom stereocenters. The highest BCUT2D eigenvalue weighted by molar-refractivity contribution is 6.33. The second-order valence-corrected chi connectivity index (χ2v) is 10.9. The highest BCUT2D eigenvalue weighted by Gasteiger charge is 2.30. The van der Waals surface area contributed by atoms with E-state index in [9.17, 15) is 4.79 Å². The molecule has 0 amide bonds. The first-order valence-electron chi connectivity index (χ1n) is 11.6. The van der Waals surface area contributed by atoms with E-state index in [1.807, 2.05) is 70.2 Å². The van der Waals surface area contributed by atoms with Gasteiger partial charge in [-0.3, -0.25) is 15.6 Å². The smallest absolute Gasteiger partial charge is 0.227 e. The van der Waals surface area contributed by atoms with Crippen LogP contribution >= 0.6 is 23.2 Å². The summed E-state index contributed by atoms with van der Waals surface area (Å²) in [5.41, 5.74) is 11.5. The number of hydrogen-bond donors (Lipinski definition) is 2. The minimum absolute atomic E-state index is 0.0521. The number of ketones is 1. The summed E-state index contributed by atoms with van der Waals surface area (Å²) in [6.07, 6.45) is 0. The summed E-state index contributed by atoms with van der Waals surface area (Å²) in [4.78, 5) is 18.0. The van der Waals surface area contributed by atoms with Crippen LogP contribution in [-0.2, 0) is 0 Å². The predicted octanol–water partition coefficient (Wildman–Crippen LogP) is 7.20. The standard InChI is InChI=1S/C28H27Cl2N3O2/c1-15-21-12-22(16-5-8-19(29)9-6-16)24(33-27(21)35-25(15)26(34)28(2,3)4)20-10-7-17(11-23(20)30)18-13-31-32-14-18/h5-12,18,31-32H,13-14H2,1-4H3. The number of halogens is 2. The van der Waals surface area contributed by atoms with Gasteiger partial charge in [0.05, 0.1) is 10.7 Å². The van der Waals surface area contributed by atoms with E-state index in [2.05, 4.69) is 16.9 Å². The number of aromatic nitrogens is 1. The molecule has 0 atom stereocenters. The lowest BCUT2D eigenvalue weighted by Crippen LogP contribution is -2.21. The zero-order chi connectivity index (χ0) is 24.9. The summed E-state index contributed by atoms with van der Waals surface area (Å²) in [7, 11) is 0. The maximum Gasteiger partial charge on any atom is 0.227 e. The number of nitrogens with zero attached hydrogens (tertiary/aromatic N) is 1. The molecule has 1 aliphatic heterocycles. The third kappa shape index (κ3) is 4.50. The molecule has 2 N–H and O–H groups in total. The minimum Gasteiger partial charge on any atom is -0.434 e. The van der Waals surface area contributed by atoms with Gasteiger partial charge in [-0.15, -0.1) is 0 Å². The van der Waals surface area contributed by atoms with E-state index in [0.29, 0.717) is 33.1 Å². The van der Waals surface area contributed by atoms with Gasteiger partial charge < -0.3 is 4.42 Å². The van der Waals surface area contributed by atoms with Gasteiger partial charge in [-0.2, -0.15) is 0 Å². The Morgan fingerprint density at radius 3 is 2.31 bits per heavy atom. The van der Waals surface area contributed by atoms with E-state index in [1.165, 1.54) is 0 Å². The molecule has 5 nitrogen and oxygen atoms in total. The van der Waals surface area contributed by atoms with Crippen LogP contribution in [0.3, 0.4) is 0 Å². The first kappa shape index (κ1) is 24.0. The van der Waals surface area contributed by atoms with Gasteiger partial charge in [-0.05, 0) is 42.3 Å². The summed E-state index contributed by atoms with van der Waals surface area (Å²) >= 11 is 13.0. The molecular weight excluding hydrogens is 481 g/mol. The van der Waals surface area contributed by atoms with Crippen molar-refractivity contribution < 1.29 is 9.21 Å². The van der Waals surface area contributed by atoms with E-state index in [0.717, 1.165) is 46.3 Å². The number of hydrazine groups is 1. The Kier molecular flexibility index (Phi) is 6.22. The number of rotatable bonds is 4. The average molecular weight is 508 g/mol. The lowest BCUT2D eigenvalue weighted by molar-refractivity contribution is 0.0829. The Morgan fingerprint density at radius 2 is 1.69 bits per heavy atom. The number of carbonyl (C=O) groups is 1. The van der Waals surface area contributed by atoms with Gasteiger partial charge in [-0.1, -0.05) is 68.2 Å². The van der Waals surface area contributed by atoms with Crippen molar-refractivity contribution in [2.75, 3.05) is 13.1 Å². The van der Waals surface area contributed by atoms with Gasteiger partial charge >= 0.3 is 0 Å². The Hall–Kier alpha value is -2.70. The molecule has 1 aliphatic rings. The molecule has 180 valence electrons. The molecule has 0 spiro atoms. The number of aryl methyl sites for hydroxylation is 1. The molecule has 35 heavy (non-hydrogen) atoms. The molecule has 2 aromatic carbocycles. The maximum absolute atomic E-state index is 13.1. The van der Waals surface area contributed by atoms with Crippen molar-refractivity contribution in [3.8, 4) is 22.4 Å². The van der Waals surface area contributed by atoms with E-state index >= 15 is 0 Å². The quantitative estimate of drug-likeness (QED) is 0.286. The monoisotopic (exact) mass is 507 g/mol. The first-order chi connectivity index (χ1) is 16.6. The van der Waals surface area contributed by atoms with E-state index in [1.54, 1.807) is 0 Å². The predicted molar refractivity (Wildman–Crippen MR) is 142 cm³/mol. The van der Waals surface area contributed by atoms with Gasteiger partial charge in [0.1, 0.15) is 0 Å². The van der Waals surface area contributed by atoms with Crippen LogP contribution in [0.1, 0.15) is 48.4 Å². The van der Waals surface area contributed by atoms with Gasteiger partial charge in [0, 0.05) is 51.5 Å². The summed E-state index contributed by atoms with van der Waals surface area (Å²) in [6, 6.07) is 15.8. The van der Waals surface area contributed by atoms with Gasteiger partial charge in [0.25, 0.3) is 0 Å². The highest BCUT2D eigenvalue weighted by atomic mass is 35.5. The Bertz CT molecular complexity index is 1430. The first-order valence-corrected chi connectivity index (χ1v) is 12.4. The molecule has 4 aromatic rings. The Morgan fingerprint density at radius 1 is 1.00 bits per heavy atom. The van der Waals surface area contributed by atoms with Crippen LogP contribution in [0, 0.1) is 12.3 Å². The largest absolute Gasteiger partial charge is 0.434 e. The molecule has 2 aromatic heterocycles. The van der Waals surface area contributed by atoms with Crippen molar-refractivity contribution in [1.82, 2.24) is 15.8 Å². The van der Waals surface area contributed by atoms with Crippen molar-refractivity contribution in [3.63, 3.8) is 0 Å². The fraction of sp³-hybridized carbons (Fsp3) is 0.286. The second kappa shape index (κ2) is 9.07. The number of nitrogens with one attached hydrogen (secondary N) is 2. The van der Waals surface area contributed by atoms with E-state index in [-0.39, 0.29) is 5.78 Å². The van der Waals surface area contributed by atoms with Gasteiger partial charge in [0.15, 0.2) is 5.76 Å². The number of Topliss-reactive ketones (excluding diaryl/α,β-unsaturated/α-hetero) is 1. The third-order valence-corrected chi connectivity index (χ3v) is 7.08. The molecular formula is C28H27Cl2N3O2. The summed E-state index contributed by atoms with van der Waals surface area (Å²) in [6.45, 7) is 9.27. The molecule has 0 bridgehead atoms. The van der Waals surface area contributed by atoms with Crippen LogP contribution in [0.15, 0.2) is 52.9 Å². The van der Waals surface area contributed by atoms with Gasteiger partial charge in [-0.25, -0.2) is 4.98 Å². The molecule has 0 aliphatic carbocycles. The number of carbonyl (C=O) groups excluding carboxylic acids is 1. The van der Waals surface area contributed by atoms with Crippen molar-refractivity contribution in [2.24, 2.45) is 5.41 Å². The molecule has 0 saturated carbocycles. The van der Waals surface area contributed by atoms with Crippen molar-refractivity contribution in [1.29, 1.82) is 0 Å². The Labute approximate surface area is 214 Å². The van der Waals surface area contributed by atoms with Crippen LogP contribution in [0.4, 0.5) is 0 Å². The van der Waals surface area contributed by atoms with Crippen LogP contribution < -0.4 is 10.9 Å².